The summed E-state index contributed by atoms with van der Waals surface area (Å²) in [4.78, 5) is 26.8. The smallest absolute Gasteiger partial charge is 0.341 e. The molecule has 7 nitrogen and oxygen atoms in total. The van der Waals surface area contributed by atoms with Gasteiger partial charge in [0.2, 0.25) is 15.9 Å². The number of carbonyl (C=O) groups is 2. The van der Waals surface area contributed by atoms with Gasteiger partial charge in [-0.25, -0.2) is 13.2 Å². The van der Waals surface area contributed by atoms with Crippen molar-refractivity contribution in [1.29, 1.82) is 0 Å². The van der Waals surface area contributed by atoms with Gasteiger partial charge in [0.25, 0.3) is 0 Å². The molecule has 1 aliphatic carbocycles. The first kappa shape index (κ1) is 23.3. The van der Waals surface area contributed by atoms with E-state index < -0.39 is 27.9 Å². The van der Waals surface area contributed by atoms with Crippen LogP contribution in [0.5, 0.6) is 0 Å². The number of esters is 1. The monoisotopic (exact) mass is 464 g/mol. The highest BCUT2D eigenvalue weighted by molar-refractivity contribution is 7.92. The molecule has 1 aromatic heterocycles. The maximum absolute atomic E-state index is 13.1. The molecule has 9 heteroatoms. The van der Waals surface area contributed by atoms with E-state index in [0.29, 0.717) is 16.3 Å². The van der Waals surface area contributed by atoms with Crippen molar-refractivity contribution in [3.63, 3.8) is 0 Å². The zero-order valence-electron chi connectivity index (χ0n) is 18.2. The summed E-state index contributed by atoms with van der Waals surface area (Å²) in [7, 11) is -3.72. The molecule has 1 aromatic carbocycles. The average molecular weight is 465 g/mol. The summed E-state index contributed by atoms with van der Waals surface area (Å²) in [5.74, 6) is -0.960. The van der Waals surface area contributed by atoms with Crippen LogP contribution in [0, 0.1) is 6.92 Å². The molecule has 31 heavy (non-hydrogen) atoms. The second-order valence-electron chi connectivity index (χ2n) is 7.70. The van der Waals surface area contributed by atoms with Crippen molar-refractivity contribution in [1.82, 2.24) is 0 Å². The molecule has 0 aliphatic heterocycles. The lowest BCUT2D eigenvalue weighted by Gasteiger charge is -2.28. The SMILES string of the molecule is CCOC(=O)c1c(NC(=O)[C@H](C)N(c2ccc(C)cc2)S(C)(=O)=O)sc2c1CCCC2. The van der Waals surface area contributed by atoms with E-state index in [4.69, 9.17) is 4.74 Å². The summed E-state index contributed by atoms with van der Waals surface area (Å²) < 4.78 is 31.3. The summed E-state index contributed by atoms with van der Waals surface area (Å²) in [5, 5.41) is 3.24. The summed E-state index contributed by atoms with van der Waals surface area (Å²) in [6.07, 6.45) is 4.72. The number of carbonyl (C=O) groups excluding carboxylic acids is 2. The van der Waals surface area contributed by atoms with Gasteiger partial charge in [-0.1, -0.05) is 17.7 Å². The van der Waals surface area contributed by atoms with Gasteiger partial charge in [0.1, 0.15) is 11.0 Å². The number of hydrogen-bond acceptors (Lipinski definition) is 6. The van der Waals surface area contributed by atoms with Crippen LogP contribution in [0.25, 0.3) is 0 Å². The molecule has 0 saturated heterocycles. The highest BCUT2D eigenvalue weighted by atomic mass is 32.2. The molecule has 1 N–H and O–H groups in total. The maximum atomic E-state index is 13.1. The second kappa shape index (κ2) is 9.40. The highest BCUT2D eigenvalue weighted by Gasteiger charge is 2.32. The molecule has 0 spiro atoms. The molecule has 1 heterocycles. The topological polar surface area (TPSA) is 92.8 Å². The fourth-order valence-corrected chi connectivity index (χ4v) is 6.25. The Labute approximate surface area is 187 Å². The summed E-state index contributed by atoms with van der Waals surface area (Å²) >= 11 is 1.38. The summed E-state index contributed by atoms with van der Waals surface area (Å²) in [5.41, 5.74) is 2.74. The van der Waals surface area contributed by atoms with E-state index in [0.717, 1.165) is 52.2 Å². The lowest BCUT2D eigenvalue weighted by atomic mass is 9.95. The van der Waals surface area contributed by atoms with Gasteiger partial charge in [0.05, 0.1) is 24.1 Å². The summed E-state index contributed by atoms with van der Waals surface area (Å²) in [6.45, 7) is 5.42. The van der Waals surface area contributed by atoms with Crippen molar-refractivity contribution in [2.75, 3.05) is 22.5 Å². The Hall–Kier alpha value is -2.39. The molecular formula is C22H28N2O5S2. The van der Waals surface area contributed by atoms with E-state index in [2.05, 4.69) is 5.32 Å². The van der Waals surface area contributed by atoms with Crippen LogP contribution in [0.2, 0.25) is 0 Å². The normalized spacial score (nSPS) is 14.5. The zero-order chi connectivity index (χ0) is 22.8. The van der Waals surface area contributed by atoms with E-state index in [1.807, 2.05) is 6.92 Å². The molecule has 3 rings (SSSR count). The Morgan fingerprint density at radius 2 is 1.84 bits per heavy atom. The number of hydrogen-bond donors (Lipinski definition) is 1. The third kappa shape index (κ3) is 5.10. The van der Waals surface area contributed by atoms with E-state index in [9.17, 15) is 18.0 Å². The lowest BCUT2D eigenvalue weighted by molar-refractivity contribution is -0.116. The fourth-order valence-electron chi connectivity index (χ4n) is 3.79. The number of sulfonamides is 1. The van der Waals surface area contributed by atoms with Gasteiger partial charge >= 0.3 is 5.97 Å². The van der Waals surface area contributed by atoms with Crippen molar-refractivity contribution >= 4 is 43.9 Å². The van der Waals surface area contributed by atoms with Crippen LogP contribution in [0.3, 0.4) is 0 Å². The van der Waals surface area contributed by atoms with Crippen LogP contribution >= 0.6 is 11.3 Å². The molecule has 1 aliphatic rings. The number of rotatable bonds is 7. The minimum atomic E-state index is -3.72. The minimum Gasteiger partial charge on any atom is -0.462 e. The Morgan fingerprint density at radius 3 is 2.45 bits per heavy atom. The van der Waals surface area contributed by atoms with Crippen LogP contribution in [-0.4, -0.2) is 39.2 Å². The van der Waals surface area contributed by atoms with E-state index in [-0.39, 0.29) is 6.61 Å². The van der Waals surface area contributed by atoms with Gasteiger partial charge in [-0.15, -0.1) is 11.3 Å². The lowest BCUT2D eigenvalue weighted by Crippen LogP contribution is -2.45. The molecule has 0 radical (unpaired) electrons. The molecule has 0 saturated carbocycles. The first-order valence-electron chi connectivity index (χ1n) is 10.3. The van der Waals surface area contributed by atoms with Crippen molar-refractivity contribution < 1.29 is 22.7 Å². The van der Waals surface area contributed by atoms with E-state index in [1.165, 1.54) is 18.3 Å². The standard InChI is InChI=1S/C22H28N2O5S2/c1-5-29-22(26)19-17-8-6-7-9-18(17)30-21(19)23-20(25)15(3)24(31(4,27)28)16-12-10-14(2)11-13-16/h10-13,15H,5-9H2,1-4H3,(H,23,25)/t15-/m0/s1. The Morgan fingerprint density at radius 1 is 1.19 bits per heavy atom. The number of nitrogens with zero attached hydrogens (tertiary/aromatic N) is 1. The first-order valence-corrected chi connectivity index (χ1v) is 13.0. The third-order valence-electron chi connectivity index (χ3n) is 5.26. The fraction of sp³-hybridized carbons (Fsp3) is 0.455. The van der Waals surface area contributed by atoms with Crippen LogP contribution in [0.4, 0.5) is 10.7 Å². The first-order chi connectivity index (χ1) is 14.6. The largest absolute Gasteiger partial charge is 0.462 e. The molecule has 168 valence electrons. The van der Waals surface area contributed by atoms with Gasteiger partial charge < -0.3 is 10.1 Å². The molecule has 0 bridgehead atoms. The number of ether oxygens (including phenoxy) is 1. The maximum Gasteiger partial charge on any atom is 0.341 e. The predicted molar refractivity (Wildman–Crippen MR) is 124 cm³/mol. The number of anilines is 2. The average Bonchev–Trinajstić information content (AvgIpc) is 3.06. The molecule has 1 amide bonds. The van der Waals surface area contributed by atoms with Gasteiger partial charge in [0.15, 0.2) is 0 Å². The Kier molecular flexibility index (Phi) is 7.06. The quantitative estimate of drug-likeness (QED) is 0.627. The van der Waals surface area contributed by atoms with Crippen molar-refractivity contribution in [2.24, 2.45) is 0 Å². The third-order valence-corrected chi connectivity index (χ3v) is 7.71. The van der Waals surface area contributed by atoms with Gasteiger partial charge in [0, 0.05) is 4.88 Å². The molecular weight excluding hydrogens is 436 g/mol. The number of fused-ring (bicyclic) bond motifs is 1. The zero-order valence-corrected chi connectivity index (χ0v) is 19.9. The van der Waals surface area contributed by atoms with Crippen molar-refractivity contribution in [3.8, 4) is 0 Å². The number of nitrogens with one attached hydrogen (secondary N) is 1. The number of amides is 1. The van der Waals surface area contributed by atoms with Crippen LogP contribution in [0.15, 0.2) is 24.3 Å². The molecule has 2 aromatic rings. The van der Waals surface area contributed by atoms with Crippen molar-refractivity contribution in [3.05, 3.63) is 45.8 Å². The predicted octanol–water partition coefficient (Wildman–Crippen LogP) is 3.91. The van der Waals surface area contributed by atoms with E-state index >= 15 is 0 Å². The molecule has 0 fully saturated rings. The van der Waals surface area contributed by atoms with Gasteiger partial charge in [-0.05, 0) is 64.2 Å². The number of benzene rings is 1. The summed E-state index contributed by atoms with van der Waals surface area (Å²) in [6, 6.07) is 5.93. The van der Waals surface area contributed by atoms with Crippen LogP contribution < -0.4 is 9.62 Å². The Balaban J connectivity index is 1.93. The van der Waals surface area contributed by atoms with E-state index in [1.54, 1.807) is 31.2 Å². The van der Waals surface area contributed by atoms with Crippen molar-refractivity contribution in [2.45, 2.75) is 52.5 Å². The van der Waals surface area contributed by atoms with Crippen LogP contribution in [-0.2, 0) is 32.4 Å². The van der Waals surface area contributed by atoms with Gasteiger partial charge in [-0.3, -0.25) is 9.10 Å². The second-order valence-corrected chi connectivity index (χ2v) is 10.7. The minimum absolute atomic E-state index is 0.239. The number of aryl methyl sites for hydroxylation is 2. The molecule has 1 atom stereocenters. The van der Waals surface area contributed by atoms with Gasteiger partial charge in [-0.2, -0.15) is 0 Å². The highest BCUT2D eigenvalue weighted by Crippen LogP contribution is 2.39. The van der Waals surface area contributed by atoms with Crippen LogP contribution in [0.1, 0.15) is 53.1 Å². The number of thiophene rings is 1. The Bertz CT molecular complexity index is 1070. The molecule has 0 unspecified atom stereocenters.